The molecule has 0 bridgehead atoms. The van der Waals surface area contributed by atoms with Crippen LogP contribution in [-0.4, -0.2) is 48.4 Å². The molecule has 1 saturated heterocycles. The van der Waals surface area contributed by atoms with E-state index in [9.17, 15) is 8.42 Å². The third-order valence-electron chi connectivity index (χ3n) is 3.73. The smallest absolute Gasteiger partial charge is 0.211 e. The highest BCUT2D eigenvalue weighted by atomic mass is 32.2. The van der Waals surface area contributed by atoms with E-state index in [1.54, 1.807) is 0 Å². The van der Waals surface area contributed by atoms with Gasteiger partial charge in [-0.2, -0.15) is 5.10 Å². The summed E-state index contributed by atoms with van der Waals surface area (Å²) >= 11 is 0. The van der Waals surface area contributed by atoms with E-state index < -0.39 is 10.0 Å². The first-order valence-corrected chi connectivity index (χ1v) is 8.86. The molecule has 0 radical (unpaired) electrons. The number of nitrogens with zero attached hydrogens (tertiary/aromatic N) is 2. The quantitative estimate of drug-likeness (QED) is 0.822. The second-order valence-electron chi connectivity index (χ2n) is 5.51. The maximum Gasteiger partial charge on any atom is 0.211 e. The van der Waals surface area contributed by atoms with Crippen molar-refractivity contribution in [3.05, 3.63) is 17.5 Å². The molecule has 6 nitrogen and oxygen atoms in total. The fraction of sp³-hybridized carbons (Fsp3) is 0.769. The van der Waals surface area contributed by atoms with Crippen LogP contribution in [0, 0.1) is 6.92 Å². The van der Waals surface area contributed by atoms with E-state index in [1.165, 1.54) is 5.56 Å². The lowest BCUT2D eigenvalue weighted by Gasteiger charge is -2.32. The maximum atomic E-state index is 11.7. The number of rotatable bonds is 6. The van der Waals surface area contributed by atoms with Crippen LogP contribution in [0.5, 0.6) is 0 Å². The third-order valence-corrected chi connectivity index (χ3v) is 5.37. The van der Waals surface area contributed by atoms with Gasteiger partial charge in [0.1, 0.15) is 0 Å². The molecule has 114 valence electrons. The van der Waals surface area contributed by atoms with Crippen LogP contribution in [-0.2, 0) is 16.6 Å². The third kappa shape index (κ3) is 4.29. The summed E-state index contributed by atoms with van der Waals surface area (Å²) in [7, 11) is -3.09. The topological polar surface area (TPSA) is 78.1 Å². The molecular formula is C13H24N4O2S. The molecule has 0 unspecified atom stereocenters. The molecule has 2 heterocycles. The molecule has 2 rings (SSSR count). The maximum absolute atomic E-state index is 11.7. The summed E-state index contributed by atoms with van der Waals surface area (Å²) in [6, 6.07) is 0.0910. The van der Waals surface area contributed by atoms with Gasteiger partial charge in [-0.15, -0.1) is 0 Å². The molecule has 1 aromatic heterocycles. The van der Waals surface area contributed by atoms with Crippen LogP contribution in [0.2, 0.25) is 0 Å². The Morgan fingerprint density at radius 3 is 2.70 bits per heavy atom. The van der Waals surface area contributed by atoms with Crippen LogP contribution in [0.15, 0.2) is 6.20 Å². The van der Waals surface area contributed by atoms with Crippen molar-refractivity contribution in [2.24, 2.45) is 0 Å². The molecule has 2 N–H and O–H groups in total. The molecule has 0 amide bonds. The average Bonchev–Trinajstić information content (AvgIpc) is 2.77. The number of aryl methyl sites for hydroxylation is 1. The van der Waals surface area contributed by atoms with E-state index in [2.05, 4.69) is 19.8 Å². The van der Waals surface area contributed by atoms with Crippen LogP contribution in [0.4, 0.5) is 0 Å². The van der Waals surface area contributed by atoms with Gasteiger partial charge in [-0.25, -0.2) is 13.1 Å². The number of hydrogen-bond donors (Lipinski definition) is 2. The number of sulfonamides is 1. The predicted octanol–water partition coefficient (Wildman–Crippen LogP) is 1.01. The monoisotopic (exact) mass is 300 g/mol. The number of hydrogen-bond acceptors (Lipinski definition) is 4. The number of H-pyrrole nitrogens is 1. The summed E-state index contributed by atoms with van der Waals surface area (Å²) in [5, 5.41) is 6.97. The van der Waals surface area contributed by atoms with E-state index in [0.717, 1.165) is 38.2 Å². The molecular weight excluding hydrogens is 276 g/mol. The Balaban J connectivity index is 1.79. The van der Waals surface area contributed by atoms with Gasteiger partial charge in [0, 0.05) is 36.9 Å². The van der Waals surface area contributed by atoms with Gasteiger partial charge in [-0.05, 0) is 26.2 Å². The van der Waals surface area contributed by atoms with Crippen molar-refractivity contribution >= 4 is 10.0 Å². The fourth-order valence-electron chi connectivity index (χ4n) is 2.57. The fourth-order valence-corrected chi connectivity index (χ4v) is 3.97. The summed E-state index contributed by atoms with van der Waals surface area (Å²) in [6.07, 6.45) is 4.28. The number of nitrogens with one attached hydrogen (secondary N) is 2. The Morgan fingerprint density at radius 2 is 2.15 bits per heavy atom. The van der Waals surface area contributed by atoms with Crippen LogP contribution >= 0.6 is 0 Å². The standard InChI is InChI=1S/C13H24N4O2S/c1-3-8-20(18,19)16-13-4-6-17(7-5-13)10-12-9-14-15-11(12)2/h9,13,16H,3-8,10H2,1-2H3,(H,14,15). The van der Waals surface area contributed by atoms with E-state index in [-0.39, 0.29) is 11.8 Å². The first-order valence-electron chi connectivity index (χ1n) is 7.21. The first-order chi connectivity index (χ1) is 9.50. The minimum atomic E-state index is -3.09. The van der Waals surface area contributed by atoms with Crippen molar-refractivity contribution in [2.45, 2.75) is 45.7 Å². The van der Waals surface area contributed by atoms with E-state index in [1.807, 2.05) is 20.0 Å². The van der Waals surface area contributed by atoms with Crippen LogP contribution < -0.4 is 4.72 Å². The molecule has 1 aliphatic rings. The second-order valence-corrected chi connectivity index (χ2v) is 7.38. The Labute approximate surface area is 121 Å². The number of aromatic amines is 1. The summed E-state index contributed by atoms with van der Waals surface area (Å²) < 4.78 is 26.3. The molecule has 7 heteroatoms. The van der Waals surface area contributed by atoms with E-state index in [4.69, 9.17) is 0 Å². The number of likely N-dealkylation sites (tertiary alicyclic amines) is 1. The number of piperidine rings is 1. The zero-order valence-electron chi connectivity index (χ0n) is 12.2. The molecule has 0 aliphatic carbocycles. The molecule has 0 saturated carbocycles. The van der Waals surface area contributed by atoms with E-state index in [0.29, 0.717) is 6.42 Å². The summed E-state index contributed by atoms with van der Waals surface area (Å²) in [6.45, 7) is 6.63. The van der Waals surface area contributed by atoms with Crippen molar-refractivity contribution in [2.75, 3.05) is 18.8 Å². The van der Waals surface area contributed by atoms with Gasteiger partial charge in [0.05, 0.1) is 11.9 Å². The van der Waals surface area contributed by atoms with Crippen LogP contribution in [0.25, 0.3) is 0 Å². The Morgan fingerprint density at radius 1 is 1.45 bits per heavy atom. The summed E-state index contributed by atoms with van der Waals surface area (Å²) in [5.41, 5.74) is 2.32. The van der Waals surface area contributed by atoms with Gasteiger partial charge in [-0.3, -0.25) is 10.00 Å². The predicted molar refractivity (Wildman–Crippen MR) is 78.8 cm³/mol. The van der Waals surface area contributed by atoms with Crippen molar-refractivity contribution in [1.29, 1.82) is 0 Å². The van der Waals surface area contributed by atoms with Crippen LogP contribution in [0.3, 0.4) is 0 Å². The van der Waals surface area contributed by atoms with Gasteiger partial charge in [0.15, 0.2) is 0 Å². The largest absolute Gasteiger partial charge is 0.299 e. The van der Waals surface area contributed by atoms with Gasteiger partial charge in [-0.1, -0.05) is 6.92 Å². The summed E-state index contributed by atoms with van der Waals surface area (Å²) in [5.74, 6) is 0.224. The minimum absolute atomic E-state index is 0.0910. The van der Waals surface area contributed by atoms with Gasteiger partial charge >= 0.3 is 0 Å². The zero-order valence-corrected chi connectivity index (χ0v) is 13.0. The SMILES string of the molecule is CCCS(=O)(=O)NC1CCN(Cc2cn[nH]c2C)CC1. The lowest BCUT2D eigenvalue weighted by molar-refractivity contribution is 0.199. The van der Waals surface area contributed by atoms with Gasteiger partial charge in [0.25, 0.3) is 0 Å². The molecule has 20 heavy (non-hydrogen) atoms. The Bertz CT molecular complexity index is 518. The average molecular weight is 300 g/mol. The zero-order chi connectivity index (χ0) is 14.6. The molecule has 1 aliphatic heterocycles. The lowest BCUT2D eigenvalue weighted by Crippen LogP contribution is -2.44. The molecule has 1 aromatic rings. The second kappa shape index (κ2) is 6.69. The molecule has 0 aromatic carbocycles. The first kappa shape index (κ1) is 15.5. The highest BCUT2D eigenvalue weighted by Crippen LogP contribution is 2.15. The molecule has 0 spiro atoms. The van der Waals surface area contributed by atoms with Crippen LogP contribution in [0.1, 0.15) is 37.4 Å². The molecule has 0 atom stereocenters. The lowest BCUT2D eigenvalue weighted by atomic mass is 10.1. The van der Waals surface area contributed by atoms with Gasteiger partial charge < -0.3 is 0 Å². The van der Waals surface area contributed by atoms with Gasteiger partial charge in [0.2, 0.25) is 10.0 Å². The molecule has 1 fully saturated rings. The van der Waals surface area contributed by atoms with Crippen molar-refractivity contribution in [1.82, 2.24) is 19.8 Å². The Kier molecular flexibility index (Phi) is 5.17. The van der Waals surface area contributed by atoms with Crippen molar-refractivity contribution < 1.29 is 8.42 Å². The Hall–Kier alpha value is -0.920. The van der Waals surface area contributed by atoms with E-state index >= 15 is 0 Å². The normalized spacial score (nSPS) is 18.5. The van der Waals surface area contributed by atoms with Crippen molar-refractivity contribution in [3.8, 4) is 0 Å². The minimum Gasteiger partial charge on any atom is -0.299 e. The summed E-state index contributed by atoms with van der Waals surface area (Å²) in [4.78, 5) is 2.35. The highest BCUT2D eigenvalue weighted by molar-refractivity contribution is 7.89. The number of aromatic nitrogens is 2. The highest BCUT2D eigenvalue weighted by Gasteiger charge is 2.23. The van der Waals surface area contributed by atoms with Crippen molar-refractivity contribution in [3.63, 3.8) is 0 Å².